The lowest BCUT2D eigenvalue weighted by Gasteiger charge is -2.49. The summed E-state index contributed by atoms with van der Waals surface area (Å²) in [5.74, 6) is -2.05. The molecule has 24 nitrogen and oxygen atoms in total. The van der Waals surface area contributed by atoms with Gasteiger partial charge in [0.2, 0.25) is 0 Å². The second-order valence-electron chi connectivity index (χ2n) is 26.3. The van der Waals surface area contributed by atoms with Crippen LogP contribution in [0.5, 0.6) is 0 Å². The van der Waals surface area contributed by atoms with Gasteiger partial charge in [-0.05, 0) is 96.3 Å². The molecule has 2 heterocycles. The van der Waals surface area contributed by atoms with Gasteiger partial charge in [0.1, 0.15) is 98.7 Å². The molecular formula is C71H127O24P. The number of allylic oxidation sites excluding steroid dienone is 6. The maximum Gasteiger partial charge on any atom is 0.472 e. The first-order chi connectivity index (χ1) is 46.3. The Bertz CT molecular complexity index is 2140. The van der Waals surface area contributed by atoms with E-state index < -0.39 is 156 Å². The molecule has 0 spiro atoms. The highest BCUT2D eigenvalue weighted by Gasteiger charge is 2.58. The number of ether oxygens (including phenoxy) is 7. The highest BCUT2D eigenvalue weighted by molar-refractivity contribution is 7.47. The molecule has 11 N–H and O–H groups in total. The maximum absolute atomic E-state index is 14.3. The molecule has 18 atom stereocenters. The van der Waals surface area contributed by atoms with Crippen molar-refractivity contribution in [3.63, 3.8) is 0 Å². The highest BCUT2D eigenvalue weighted by atomic mass is 31.2. The first-order valence-corrected chi connectivity index (χ1v) is 38.3. The molecule has 1 aliphatic carbocycles. The number of phosphoric ester groups is 1. The summed E-state index contributed by atoms with van der Waals surface area (Å²) in [4.78, 5) is 50.9. The number of hydrogen-bond acceptors (Lipinski definition) is 23. The van der Waals surface area contributed by atoms with Crippen LogP contribution < -0.4 is 0 Å². The molecule has 0 bridgehead atoms. The zero-order valence-corrected chi connectivity index (χ0v) is 59.0. The molecule has 25 heteroatoms. The van der Waals surface area contributed by atoms with E-state index in [1.807, 2.05) is 0 Å². The second kappa shape index (κ2) is 53.1. The van der Waals surface area contributed by atoms with Gasteiger partial charge in [0.15, 0.2) is 18.7 Å². The number of esters is 3. The average molecular weight is 1400 g/mol. The number of aliphatic hydroxyl groups excluding tert-OH is 10. The SMILES string of the molecule is CCCCCCCC/C=C\CCCCCC(=O)OCC1OC(OC2C(O)C(O)C(O)C(OC3OC(CO)C(O)C(O)C3O)C2OP(=O)(O)OCC(COC(=O)CCCCC/C=C\CCCCCCCCC)OC(=O)CCCCC/C=C\CCCCCCCCC)C(O)C(O)C1O. The van der Waals surface area contributed by atoms with Crippen LogP contribution >= 0.6 is 7.82 Å². The van der Waals surface area contributed by atoms with Crippen LogP contribution in [0.4, 0.5) is 0 Å². The molecule has 0 aromatic rings. The largest absolute Gasteiger partial charge is 0.472 e. The summed E-state index contributed by atoms with van der Waals surface area (Å²) in [6.07, 6.45) is 13.7. The summed E-state index contributed by atoms with van der Waals surface area (Å²) in [6.45, 7) is 3.37. The predicted octanol–water partition coefficient (Wildman–Crippen LogP) is 9.51. The lowest BCUT2D eigenvalue weighted by molar-refractivity contribution is -0.360. The van der Waals surface area contributed by atoms with Crippen molar-refractivity contribution >= 4 is 25.7 Å². The molecule has 3 fully saturated rings. The van der Waals surface area contributed by atoms with E-state index in [1.54, 1.807) is 0 Å². The molecule has 560 valence electrons. The van der Waals surface area contributed by atoms with Crippen LogP contribution in [0.3, 0.4) is 0 Å². The smallest absolute Gasteiger partial charge is 0.463 e. The molecule has 0 aromatic heterocycles. The van der Waals surface area contributed by atoms with E-state index >= 15 is 0 Å². The van der Waals surface area contributed by atoms with Gasteiger partial charge in [-0.25, -0.2) is 4.57 Å². The van der Waals surface area contributed by atoms with Gasteiger partial charge in [-0.3, -0.25) is 23.4 Å². The Morgan fingerprint density at radius 3 is 1.12 bits per heavy atom. The van der Waals surface area contributed by atoms with Crippen molar-refractivity contribution in [2.24, 2.45) is 0 Å². The van der Waals surface area contributed by atoms with Gasteiger partial charge in [0.25, 0.3) is 0 Å². The fourth-order valence-electron chi connectivity index (χ4n) is 11.8. The van der Waals surface area contributed by atoms with E-state index in [1.165, 1.54) is 109 Å². The summed E-state index contributed by atoms with van der Waals surface area (Å²) in [6, 6.07) is 0. The Labute approximate surface area is 572 Å². The van der Waals surface area contributed by atoms with Gasteiger partial charge in [0, 0.05) is 19.3 Å². The minimum Gasteiger partial charge on any atom is -0.463 e. The first-order valence-electron chi connectivity index (χ1n) is 36.8. The third-order valence-corrected chi connectivity index (χ3v) is 18.8. The van der Waals surface area contributed by atoms with Crippen molar-refractivity contribution < 1.29 is 117 Å². The normalized spacial score (nSPS) is 28.1. The van der Waals surface area contributed by atoms with Crippen LogP contribution in [0.1, 0.15) is 265 Å². The molecule has 2 aliphatic heterocycles. The molecule has 18 unspecified atom stereocenters. The molecule has 3 rings (SSSR count). The summed E-state index contributed by atoms with van der Waals surface area (Å²) in [5.41, 5.74) is 0. The number of carbonyl (C=O) groups is 3. The molecule has 1 saturated carbocycles. The minimum atomic E-state index is -5.70. The number of unbranched alkanes of at least 4 members (excludes halogenated alkanes) is 29. The number of rotatable bonds is 56. The van der Waals surface area contributed by atoms with E-state index in [9.17, 15) is 74.9 Å². The van der Waals surface area contributed by atoms with Crippen molar-refractivity contribution in [3.8, 4) is 0 Å². The minimum absolute atomic E-state index is 0.00589. The first kappa shape index (κ1) is 87.4. The summed E-state index contributed by atoms with van der Waals surface area (Å²) < 4.78 is 64.9. The number of aliphatic hydroxyl groups is 10. The fraction of sp³-hybridized carbons (Fsp3) is 0.873. The van der Waals surface area contributed by atoms with Crippen molar-refractivity contribution in [1.82, 2.24) is 0 Å². The summed E-state index contributed by atoms with van der Waals surface area (Å²) in [5, 5.41) is 110. The monoisotopic (exact) mass is 1390 g/mol. The van der Waals surface area contributed by atoms with E-state index in [-0.39, 0.29) is 19.3 Å². The molecule has 96 heavy (non-hydrogen) atoms. The number of carbonyl (C=O) groups excluding carboxylic acids is 3. The van der Waals surface area contributed by atoms with Gasteiger partial charge in [0.05, 0.1) is 13.2 Å². The third kappa shape index (κ3) is 36.2. The quantitative estimate of drug-likeness (QED) is 0.00887. The van der Waals surface area contributed by atoms with E-state index in [0.29, 0.717) is 25.7 Å². The van der Waals surface area contributed by atoms with Gasteiger partial charge < -0.3 is 89.1 Å². The van der Waals surface area contributed by atoms with E-state index in [0.717, 1.165) is 89.9 Å². The Balaban J connectivity index is 1.76. The predicted molar refractivity (Wildman–Crippen MR) is 361 cm³/mol. The summed E-state index contributed by atoms with van der Waals surface area (Å²) >= 11 is 0. The van der Waals surface area contributed by atoms with Crippen molar-refractivity contribution in [3.05, 3.63) is 36.5 Å². The van der Waals surface area contributed by atoms with Crippen molar-refractivity contribution in [1.29, 1.82) is 0 Å². The molecular weight excluding hydrogens is 1270 g/mol. The van der Waals surface area contributed by atoms with E-state index in [4.69, 9.17) is 42.2 Å². The van der Waals surface area contributed by atoms with Crippen LogP contribution in [0.2, 0.25) is 0 Å². The Kier molecular flexibility index (Phi) is 48.3. The van der Waals surface area contributed by atoms with Gasteiger partial charge >= 0.3 is 25.7 Å². The Hall–Kier alpha value is -2.82. The molecule has 0 amide bonds. The Morgan fingerprint density at radius 2 is 0.729 bits per heavy atom. The lowest BCUT2D eigenvalue weighted by atomic mass is 9.84. The lowest BCUT2D eigenvalue weighted by Crippen LogP contribution is -2.69. The zero-order chi connectivity index (χ0) is 70.4. The number of phosphoric acid groups is 1. The van der Waals surface area contributed by atoms with Gasteiger partial charge in [-0.2, -0.15) is 0 Å². The van der Waals surface area contributed by atoms with Crippen LogP contribution in [0, 0.1) is 0 Å². The maximum atomic E-state index is 14.3. The topological polar surface area (TPSA) is 374 Å². The Morgan fingerprint density at radius 1 is 0.396 bits per heavy atom. The summed E-state index contributed by atoms with van der Waals surface area (Å²) in [7, 11) is -5.70. The number of hydrogen-bond donors (Lipinski definition) is 11. The van der Waals surface area contributed by atoms with E-state index in [2.05, 4.69) is 57.2 Å². The standard InChI is InChI=1S/C71H127O24P/c1-4-7-10-13-16-19-22-25-28-31-33-36-39-42-45-55(73)87-49-52(90-57(75)47-44-41-38-35-32-29-26-23-20-17-14-11-8-5-2)50-89-96(85,86)95-69-67(93-70-65(83)60(78)58(76)53(48-72)91-70)63(81)62(80)64(82)68(69)94-71-66(84)61(79)59(77)54(92-71)51-88-56(74)46-43-40-37-34-30-27-24-21-18-15-12-9-6-3/h27-32,52-54,58-72,76-84H,4-26,33-51H2,1-3H3,(H,85,86)/b30-27-,31-28-,32-29-. The molecule has 3 aliphatic rings. The van der Waals surface area contributed by atoms with Crippen molar-refractivity contribution in [2.75, 3.05) is 26.4 Å². The third-order valence-electron chi connectivity index (χ3n) is 17.9. The van der Waals surface area contributed by atoms with Crippen LogP contribution in [-0.2, 0) is 61.2 Å². The van der Waals surface area contributed by atoms with Crippen molar-refractivity contribution in [2.45, 2.75) is 369 Å². The zero-order valence-electron chi connectivity index (χ0n) is 58.2. The highest BCUT2D eigenvalue weighted by Crippen LogP contribution is 2.49. The molecule has 0 aromatic carbocycles. The molecule has 2 saturated heterocycles. The fourth-order valence-corrected chi connectivity index (χ4v) is 12.8. The van der Waals surface area contributed by atoms with Gasteiger partial charge in [-0.15, -0.1) is 0 Å². The van der Waals surface area contributed by atoms with Crippen LogP contribution in [-0.4, -0.2) is 204 Å². The second-order valence-corrected chi connectivity index (χ2v) is 27.7. The van der Waals surface area contributed by atoms with Crippen LogP contribution in [0.15, 0.2) is 36.5 Å². The average Bonchev–Trinajstić information content (AvgIpc) is 0.778. The van der Waals surface area contributed by atoms with Crippen LogP contribution in [0.25, 0.3) is 0 Å². The molecule has 0 radical (unpaired) electrons. The van der Waals surface area contributed by atoms with Gasteiger partial charge in [-0.1, -0.05) is 186 Å².